The Morgan fingerprint density at radius 2 is 1.98 bits per heavy atom. The summed E-state index contributed by atoms with van der Waals surface area (Å²) in [6.07, 6.45) is 12.5. The largest absolute Gasteiger partial charge is 0.461 e. The number of rotatable bonds is 5. The molecule has 0 aliphatic carbocycles. The molecular formula is C34H32F2N6O. The second kappa shape index (κ2) is 9.97. The minimum Gasteiger partial charge on any atom is -0.461 e. The Morgan fingerprint density at radius 3 is 2.79 bits per heavy atom. The van der Waals surface area contributed by atoms with Crippen LogP contribution in [0, 0.1) is 24.0 Å². The molecular weight excluding hydrogens is 546 g/mol. The van der Waals surface area contributed by atoms with Crippen LogP contribution in [-0.4, -0.2) is 70.3 Å². The van der Waals surface area contributed by atoms with E-state index in [2.05, 4.69) is 37.6 Å². The van der Waals surface area contributed by atoms with E-state index < -0.39 is 11.6 Å². The fourth-order valence-corrected chi connectivity index (χ4v) is 7.82. The lowest BCUT2D eigenvalue weighted by atomic mass is 9.94. The smallest absolute Gasteiger partial charge is 0.319 e. The van der Waals surface area contributed by atoms with E-state index in [1.54, 1.807) is 24.4 Å². The summed E-state index contributed by atoms with van der Waals surface area (Å²) in [5.74, 6) is 1.93. The van der Waals surface area contributed by atoms with Gasteiger partial charge in [-0.3, -0.25) is 9.88 Å². The van der Waals surface area contributed by atoms with Crippen LogP contribution in [0.25, 0.3) is 32.9 Å². The molecule has 6 heterocycles. The Balaban J connectivity index is 1.27. The molecule has 3 atom stereocenters. The molecule has 4 aliphatic heterocycles. The lowest BCUT2D eigenvalue weighted by Crippen LogP contribution is -2.51. The Kier molecular flexibility index (Phi) is 6.14. The van der Waals surface area contributed by atoms with Crippen LogP contribution in [0.15, 0.2) is 48.7 Å². The highest BCUT2D eigenvalue weighted by Crippen LogP contribution is 2.42. The number of anilines is 1. The average molecular weight is 579 g/mol. The molecule has 4 saturated heterocycles. The molecule has 218 valence electrons. The minimum absolute atomic E-state index is 0.0591. The number of nitrogens with zero attached hydrogens (tertiary/aromatic N) is 5. The standard InChI is InChI=1S/C34H32F2N6O/c1-3-24-27(35)11-8-21-6-4-7-25(28(21)24)30-29(36)31-26(15-37-30)32(41-17-22-9-10-23(18-41)38-22)40-33(39-31)43-19-34-12-5-13-42(34)16-20(2)14-34/h1,4,6-8,11,15,22-23,38H,2,5,9-10,12-14,16-19H2/t22-,23+,34?. The van der Waals surface area contributed by atoms with Gasteiger partial charge in [-0.05, 0) is 50.1 Å². The van der Waals surface area contributed by atoms with Crippen molar-refractivity contribution in [1.29, 1.82) is 0 Å². The number of benzene rings is 2. The van der Waals surface area contributed by atoms with Gasteiger partial charge in [0.05, 0.1) is 16.5 Å². The van der Waals surface area contributed by atoms with E-state index in [4.69, 9.17) is 16.1 Å². The van der Waals surface area contributed by atoms with Gasteiger partial charge in [0, 0.05) is 48.9 Å². The van der Waals surface area contributed by atoms with Crippen LogP contribution < -0.4 is 15.0 Å². The maximum absolute atomic E-state index is 16.7. The Bertz CT molecular complexity index is 1840. The first-order valence-corrected chi connectivity index (χ1v) is 15.0. The van der Waals surface area contributed by atoms with E-state index in [0.717, 1.165) is 58.3 Å². The van der Waals surface area contributed by atoms with Gasteiger partial charge in [-0.1, -0.05) is 42.3 Å². The van der Waals surface area contributed by atoms with Crippen LogP contribution in [0.5, 0.6) is 6.01 Å². The number of ether oxygens (including phenoxy) is 1. The van der Waals surface area contributed by atoms with Crippen molar-refractivity contribution in [3.63, 3.8) is 0 Å². The van der Waals surface area contributed by atoms with Crippen LogP contribution in [0.1, 0.15) is 37.7 Å². The number of pyridine rings is 1. The molecule has 7 nitrogen and oxygen atoms in total. The van der Waals surface area contributed by atoms with E-state index in [9.17, 15) is 4.39 Å². The first-order valence-electron chi connectivity index (χ1n) is 15.0. The molecule has 43 heavy (non-hydrogen) atoms. The number of hydrogen-bond donors (Lipinski definition) is 1. The molecule has 9 heteroatoms. The molecule has 2 aromatic heterocycles. The van der Waals surface area contributed by atoms with Crippen molar-refractivity contribution in [2.75, 3.05) is 37.7 Å². The van der Waals surface area contributed by atoms with Gasteiger partial charge >= 0.3 is 6.01 Å². The Labute approximate surface area is 249 Å². The highest BCUT2D eigenvalue weighted by atomic mass is 19.1. The predicted octanol–water partition coefficient (Wildman–Crippen LogP) is 5.22. The van der Waals surface area contributed by atoms with Crippen molar-refractivity contribution in [3.8, 4) is 29.6 Å². The quantitative estimate of drug-likeness (QED) is 0.257. The molecule has 0 spiro atoms. The van der Waals surface area contributed by atoms with Gasteiger partial charge < -0.3 is 15.0 Å². The normalized spacial score (nSPS) is 25.0. The molecule has 0 radical (unpaired) electrons. The first-order chi connectivity index (χ1) is 20.9. The monoisotopic (exact) mass is 578 g/mol. The number of terminal acetylenes is 1. The zero-order valence-electron chi connectivity index (χ0n) is 23.9. The Morgan fingerprint density at radius 1 is 1.14 bits per heavy atom. The molecule has 4 aliphatic rings. The van der Waals surface area contributed by atoms with E-state index >= 15 is 4.39 Å². The van der Waals surface area contributed by atoms with Crippen LogP contribution in [0.4, 0.5) is 14.6 Å². The van der Waals surface area contributed by atoms with Gasteiger partial charge in [0.1, 0.15) is 29.5 Å². The Hall–Kier alpha value is -4.13. The molecule has 4 fully saturated rings. The summed E-state index contributed by atoms with van der Waals surface area (Å²) in [7, 11) is 0. The summed E-state index contributed by atoms with van der Waals surface area (Å²) < 4.78 is 37.8. The summed E-state index contributed by atoms with van der Waals surface area (Å²) in [5.41, 5.74) is 1.77. The van der Waals surface area contributed by atoms with Crippen LogP contribution in [0.2, 0.25) is 0 Å². The molecule has 2 bridgehead atoms. The fourth-order valence-electron chi connectivity index (χ4n) is 7.82. The second-order valence-electron chi connectivity index (χ2n) is 12.5. The summed E-state index contributed by atoms with van der Waals surface area (Å²) in [6.45, 7) is 8.06. The fraction of sp³-hybridized carbons (Fsp3) is 0.382. The van der Waals surface area contributed by atoms with E-state index in [1.807, 2.05) is 6.07 Å². The lowest BCUT2D eigenvalue weighted by molar-refractivity contribution is 0.108. The zero-order valence-corrected chi connectivity index (χ0v) is 23.9. The third kappa shape index (κ3) is 4.27. The summed E-state index contributed by atoms with van der Waals surface area (Å²) in [5, 5.41) is 5.32. The molecule has 8 rings (SSSR count). The maximum Gasteiger partial charge on any atom is 0.319 e. The van der Waals surface area contributed by atoms with Gasteiger partial charge in [-0.15, -0.1) is 6.42 Å². The number of aromatic nitrogens is 3. The van der Waals surface area contributed by atoms with E-state index in [0.29, 0.717) is 46.2 Å². The van der Waals surface area contributed by atoms with Gasteiger partial charge in [-0.25, -0.2) is 8.78 Å². The van der Waals surface area contributed by atoms with Gasteiger partial charge in [0.15, 0.2) is 5.82 Å². The average Bonchev–Trinajstić information content (AvgIpc) is 3.66. The van der Waals surface area contributed by atoms with E-state index in [-0.39, 0.29) is 28.3 Å². The van der Waals surface area contributed by atoms with Gasteiger partial charge in [-0.2, -0.15) is 9.97 Å². The lowest BCUT2D eigenvalue weighted by Gasteiger charge is -2.34. The summed E-state index contributed by atoms with van der Waals surface area (Å²) >= 11 is 0. The highest BCUT2D eigenvalue weighted by molar-refractivity contribution is 6.02. The van der Waals surface area contributed by atoms with Crippen LogP contribution in [0.3, 0.4) is 0 Å². The van der Waals surface area contributed by atoms with Crippen molar-refractivity contribution in [1.82, 2.24) is 25.2 Å². The molecule has 0 amide bonds. The maximum atomic E-state index is 16.7. The van der Waals surface area contributed by atoms with Crippen LogP contribution in [-0.2, 0) is 0 Å². The number of fused-ring (bicyclic) bond motifs is 5. The highest BCUT2D eigenvalue weighted by Gasteiger charge is 2.46. The van der Waals surface area contributed by atoms with Crippen molar-refractivity contribution in [2.45, 2.75) is 49.7 Å². The van der Waals surface area contributed by atoms with Crippen molar-refractivity contribution >= 4 is 27.5 Å². The third-order valence-corrected chi connectivity index (χ3v) is 9.76. The van der Waals surface area contributed by atoms with E-state index in [1.165, 1.54) is 11.6 Å². The number of piperazine rings is 1. The second-order valence-corrected chi connectivity index (χ2v) is 12.5. The van der Waals surface area contributed by atoms with Gasteiger partial charge in [0.2, 0.25) is 0 Å². The minimum atomic E-state index is -0.612. The molecule has 0 saturated carbocycles. The SMILES string of the molecule is C#Cc1c(F)ccc2cccc(-c3ncc4c(N5C[C@H]6CC[C@@H](C5)N6)nc(OCC56CCCN5CC(=C)C6)nc4c3F)c12. The number of hydrogen-bond acceptors (Lipinski definition) is 7. The van der Waals surface area contributed by atoms with Crippen LogP contribution >= 0.6 is 0 Å². The first kappa shape index (κ1) is 26.5. The van der Waals surface area contributed by atoms with Crippen molar-refractivity contribution < 1.29 is 13.5 Å². The summed E-state index contributed by atoms with van der Waals surface area (Å²) in [6, 6.07) is 9.17. The predicted molar refractivity (Wildman–Crippen MR) is 163 cm³/mol. The van der Waals surface area contributed by atoms with Crippen molar-refractivity contribution in [2.24, 2.45) is 0 Å². The molecule has 4 aromatic rings. The van der Waals surface area contributed by atoms with Crippen molar-refractivity contribution in [3.05, 3.63) is 65.9 Å². The number of halogens is 2. The third-order valence-electron chi connectivity index (χ3n) is 9.76. The summed E-state index contributed by atoms with van der Waals surface area (Å²) in [4.78, 5) is 18.8. The number of nitrogens with one attached hydrogen (secondary N) is 1. The zero-order chi connectivity index (χ0) is 29.3. The molecule has 1 N–H and O–H groups in total. The topological polar surface area (TPSA) is 66.4 Å². The molecule has 2 aromatic carbocycles. The molecule has 1 unspecified atom stereocenters. The van der Waals surface area contributed by atoms with Gasteiger partial charge in [0.25, 0.3) is 0 Å².